The summed E-state index contributed by atoms with van der Waals surface area (Å²) in [6, 6.07) is 29.7. The van der Waals surface area contributed by atoms with E-state index in [0.29, 0.717) is 49.4 Å². The van der Waals surface area contributed by atoms with Crippen molar-refractivity contribution in [3.05, 3.63) is 126 Å². The van der Waals surface area contributed by atoms with Crippen molar-refractivity contribution in [3.8, 4) is 17.2 Å². The normalized spacial score (nSPS) is 21.1. The molecule has 0 saturated heterocycles. The highest BCUT2D eigenvalue weighted by Gasteiger charge is 2.34. The number of ether oxygens (including phenoxy) is 2. The van der Waals surface area contributed by atoms with Gasteiger partial charge in [0.1, 0.15) is 11.5 Å². The molecule has 53 heavy (non-hydrogen) atoms. The molecule has 2 amide bonds. The van der Waals surface area contributed by atoms with Gasteiger partial charge in [-0.25, -0.2) is 4.39 Å². The van der Waals surface area contributed by atoms with Crippen molar-refractivity contribution in [1.29, 1.82) is 0 Å². The van der Waals surface area contributed by atoms with Crippen LogP contribution in [0.3, 0.4) is 0 Å². The van der Waals surface area contributed by atoms with E-state index < -0.39 is 23.1 Å². The van der Waals surface area contributed by atoms with E-state index >= 15 is 0 Å². The van der Waals surface area contributed by atoms with E-state index in [9.17, 15) is 29.3 Å². The van der Waals surface area contributed by atoms with Crippen LogP contribution in [0.1, 0.15) is 77.6 Å². The molecule has 5 N–H and O–H groups in total. The fourth-order valence-corrected chi connectivity index (χ4v) is 6.76. The third-order valence-electron chi connectivity index (χ3n) is 10.2. The van der Waals surface area contributed by atoms with Gasteiger partial charge in [0.2, 0.25) is 0 Å². The Bertz CT molecular complexity index is 1710. The number of benzene rings is 4. The van der Waals surface area contributed by atoms with Crippen molar-refractivity contribution in [2.75, 3.05) is 26.3 Å². The van der Waals surface area contributed by atoms with Gasteiger partial charge in [-0.2, -0.15) is 0 Å². The van der Waals surface area contributed by atoms with Gasteiger partial charge in [-0.05, 0) is 129 Å². The smallest absolute Gasteiger partial charge is 0.251 e. The van der Waals surface area contributed by atoms with Crippen LogP contribution in [0.15, 0.2) is 103 Å². The Morgan fingerprint density at radius 3 is 1.94 bits per heavy atom. The van der Waals surface area contributed by atoms with Crippen molar-refractivity contribution < 1.29 is 38.8 Å². The van der Waals surface area contributed by atoms with Crippen molar-refractivity contribution in [3.63, 3.8) is 0 Å². The van der Waals surface area contributed by atoms with Crippen molar-refractivity contribution >= 4 is 11.8 Å². The molecular formula is C43H51FN2O7. The molecule has 0 spiro atoms. The van der Waals surface area contributed by atoms with Crippen LogP contribution in [0.25, 0.3) is 0 Å². The standard InChI is InChI=1S/C22H27NO3.C21H24FNO4/c24-21-12-10-20(11-13-21)22(25)23-14-17-6-8-19(9-7-17)16-26-15-18-4-2-1-3-5-18;22-18-12-16(6-7-19(18)24)20(25)23-14-21(26)10-8-15(9-11-21)13-27-17-4-2-1-3-5-17/h1-5,10-13,17,19,24H,6-9,14-16H2,(H,23,25);1-7,12,15,24,26H,8-11,13-14H2,(H,23,25)/t17-,19+;15-,21+. The number of carbonyl (C=O) groups excluding carboxylic acids is 2. The molecule has 4 aromatic carbocycles. The Kier molecular flexibility index (Phi) is 14.7. The van der Waals surface area contributed by atoms with E-state index in [2.05, 4.69) is 22.8 Å². The maximum atomic E-state index is 13.4. The maximum absolute atomic E-state index is 13.4. The third kappa shape index (κ3) is 12.9. The molecule has 0 aliphatic heterocycles. The molecule has 0 unspecified atom stereocenters. The van der Waals surface area contributed by atoms with Crippen LogP contribution >= 0.6 is 0 Å². The zero-order valence-corrected chi connectivity index (χ0v) is 30.1. The van der Waals surface area contributed by atoms with E-state index in [4.69, 9.17) is 9.47 Å². The minimum Gasteiger partial charge on any atom is -0.508 e. The van der Waals surface area contributed by atoms with Crippen LogP contribution in [0.4, 0.5) is 4.39 Å². The average molecular weight is 727 g/mol. The summed E-state index contributed by atoms with van der Waals surface area (Å²) in [5, 5.41) is 34.8. The molecule has 9 nitrogen and oxygen atoms in total. The van der Waals surface area contributed by atoms with Gasteiger partial charge in [-0.15, -0.1) is 0 Å². The van der Waals surface area contributed by atoms with Crippen molar-refractivity contribution in [1.82, 2.24) is 10.6 Å². The van der Waals surface area contributed by atoms with Crippen LogP contribution in [0.5, 0.6) is 17.2 Å². The lowest BCUT2D eigenvalue weighted by Gasteiger charge is -2.36. The number of carbonyl (C=O) groups is 2. The predicted octanol–water partition coefficient (Wildman–Crippen LogP) is 7.41. The summed E-state index contributed by atoms with van der Waals surface area (Å²) < 4.78 is 25.0. The molecule has 0 bridgehead atoms. The van der Waals surface area contributed by atoms with Gasteiger partial charge < -0.3 is 35.4 Å². The molecule has 2 aliphatic carbocycles. The Balaban J connectivity index is 0.000000204. The quantitative estimate of drug-likeness (QED) is 0.0968. The molecule has 2 saturated carbocycles. The Hall–Kier alpha value is -4.93. The van der Waals surface area contributed by atoms with Crippen LogP contribution in [0, 0.1) is 23.6 Å². The van der Waals surface area contributed by atoms with Gasteiger partial charge in [0, 0.05) is 30.8 Å². The molecular weight excluding hydrogens is 675 g/mol. The van der Waals surface area contributed by atoms with E-state index in [0.717, 1.165) is 69.6 Å². The largest absolute Gasteiger partial charge is 0.508 e. The average Bonchev–Trinajstić information content (AvgIpc) is 3.19. The second kappa shape index (κ2) is 19.8. The number of hydrogen-bond donors (Lipinski definition) is 5. The van der Waals surface area contributed by atoms with Crippen LogP contribution < -0.4 is 15.4 Å². The first-order valence-electron chi connectivity index (χ1n) is 18.5. The Morgan fingerprint density at radius 2 is 1.28 bits per heavy atom. The molecule has 0 heterocycles. The lowest BCUT2D eigenvalue weighted by molar-refractivity contribution is -0.0129. The van der Waals surface area contributed by atoms with E-state index in [1.807, 2.05) is 48.5 Å². The number of aromatic hydroxyl groups is 2. The topological polar surface area (TPSA) is 137 Å². The lowest BCUT2D eigenvalue weighted by atomic mass is 9.79. The number of aliphatic hydroxyl groups is 1. The summed E-state index contributed by atoms with van der Waals surface area (Å²) in [5.74, 6) is 0.661. The van der Waals surface area contributed by atoms with Gasteiger partial charge in [-0.1, -0.05) is 48.5 Å². The zero-order chi connectivity index (χ0) is 37.5. The number of hydrogen-bond acceptors (Lipinski definition) is 7. The molecule has 0 atom stereocenters. The molecule has 0 aromatic heterocycles. The second-order valence-electron chi connectivity index (χ2n) is 14.3. The molecule has 2 fully saturated rings. The van der Waals surface area contributed by atoms with Crippen LogP contribution in [-0.4, -0.2) is 59.0 Å². The summed E-state index contributed by atoms with van der Waals surface area (Å²) in [5.41, 5.74) is 0.955. The first kappa shape index (κ1) is 39.3. The van der Waals surface area contributed by atoms with Crippen LogP contribution in [0.2, 0.25) is 0 Å². The molecule has 282 valence electrons. The number of rotatable bonds is 13. The monoisotopic (exact) mass is 726 g/mol. The predicted molar refractivity (Wildman–Crippen MR) is 201 cm³/mol. The highest BCUT2D eigenvalue weighted by molar-refractivity contribution is 5.94. The van der Waals surface area contributed by atoms with Crippen molar-refractivity contribution in [2.45, 2.75) is 63.6 Å². The summed E-state index contributed by atoms with van der Waals surface area (Å²) in [7, 11) is 0. The number of halogens is 1. The van der Waals surface area contributed by atoms with Gasteiger partial charge in [-0.3, -0.25) is 9.59 Å². The van der Waals surface area contributed by atoms with Gasteiger partial charge in [0.15, 0.2) is 11.6 Å². The highest BCUT2D eigenvalue weighted by Crippen LogP contribution is 2.32. The number of phenols is 2. The molecule has 4 aromatic rings. The second-order valence-corrected chi connectivity index (χ2v) is 14.3. The van der Waals surface area contributed by atoms with Gasteiger partial charge in [0.25, 0.3) is 11.8 Å². The molecule has 2 aliphatic rings. The highest BCUT2D eigenvalue weighted by atomic mass is 19.1. The zero-order valence-electron chi connectivity index (χ0n) is 30.1. The first-order valence-corrected chi connectivity index (χ1v) is 18.5. The minimum atomic E-state index is -0.964. The molecule has 6 rings (SSSR count). The summed E-state index contributed by atoms with van der Waals surface area (Å²) in [6.07, 6.45) is 7.35. The number of amides is 2. The van der Waals surface area contributed by atoms with E-state index in [1.54, 1.807) is 12.1 Å². The SMILES string of the molecule is O=C(NC[C@H]1CC[C@@H](COCc2ccccc2)CC1)c1ccc(O)cc1.O=C(NC[C@]1(O)CC[C@@H](COc2ccccc2)CC1)c1ccc(O)c(F)c1. The number of para-hydroxylation sites is 1. The number of nitrogens with one attached hydrogen (secondary N) is 2. The molecule has 0 radical (unpaired) electrons. The van der Waals surface area contributed by atoms with E-state index in [1.165, 1.54) is 23.8 Å². The number of phenolic OH excluding ortho intramolecular Hbond substituents is 2. The Morgan fingerprint density at radius 1 is 0.698 bits per heavy atom. The first-order chi connectivity index (χ1) is 25.7. The fourth-order valence-electron chi connectivity index (χ4n) is 6.76. The third-order valence-corrected chi connectivity index (χ3v) is 10.2. The van der Waals surface area contributed by atoms with E-state index in [-0.39, 0.29) is 23.8 Å². The molecule has 10 heteroatoms. The summed E-state index contributed by atoms with van der Waals surface area (Å²) >= 11 is 0. The minimum absolute atomic E-state index is 0.0710. The van der Waals surface area contributed by atoms with Crippen LogP contribution in [-0.2, 0) is 11.3 Å². The fraction of sp³-hybridized carbons (Fsp3) is 0.395. The lowest BCUT2D eigenvalue weighted by Crippen LogP contribution is -2.45. The van der Waals surface area contributed by atoms with Gasteiger partial charge >= 0.3 is 0 Å². The Labute approximate surface area is 311 Å². The summed E-state index contributed by atoms with van der Waals surface area (Å²) in [4.78, 5) is 24.3. The summed E-state index contributed by atoms with van der Waals surface area (Å²) in [6.45, 7) is 2.95. The van der Waals surface area contributed by atoms with Crippen molar-refractivity contribution in [2.24, 2.45) is 17.8 Å². The van der Waals surface area contributed by atoms with Gasteiger partial charge in [0.05, 0.1) is 18.8 Å². The maximum Gasteiger partial charge on any atom is 0.251 e.